The van der Waals surface area contributed by atoms with Gasteiger partial charge in [-0.3, -0.25) is 0 Å². The van der Waals surface area contributed by atoms with Crippen molar-refractivity contribution in [1.82, 2.24) is 9.97 Å². The monoisotopic (exact) mass is 294 g/mol. The van der Waals surface area contributed by atoms with E-state index in [9.17, 15) is 5.11 Å². The van der Waals surface area contributed by atoms with E-state index >= 15 is 0 Å². The zero-order valence-corrected chi connectivity index (χ0v) is 14.0. The first-order chi connectivity index (χ1) is 9.97. The first-order valence-corrected chi connectivity index (χ1v) is 7.95. The molecule has 21 heavy (non-hydrogen) atoms. The summed E-state index contributed by atoms with van der Waals surface area (Å²) in [6.45, 7) is 11.7. The van der Waals surface area contributed by atoms with Gasteiger partial charge >= 0.3 is 0 Å². The van der Waals surface area contributed by atoms with Crippen LogP contribution in [-0.2, 0) is 0 Å². The Kier molecular flexibility index (Phi) is 6.89. The lowest BCUT2D eigenvalue weighted by atomic mass is 9.94. The molecule has 0 aliphatic carbocycles. The number of nitrogens with one attached hydrogen (secondary N) is 2. The SMILES string of the molecule is CCCNc1ncnc(NC(C)(CC)CCO)c1C(C)C. The van der Waals surface area contributed by atoms with Gasteiger partial charge in [0.25, 0.3) is 0 Å². The lowest BCUT2D eigenvalue weighted by Crippen LogP contribution is -2.36. The molecule has 5 nitrogen and oxygen atoms in total. The summed E-state index contributed by atoms with van der Waals surface area (Å²) in [5.41, 5.74) is 0.956. The van der Waals surface area contributed by atoms with Crippen molar-refractivity contribution in [3.63, 3.8) is 0 Å². The molecule has 0 saturated heterocycles. The van der Waals surface area contributed by atoms with Crippen LogP contribution in [0.5, 0.6) is 0 Å². The van der Waals surface area contributed by atoms with Crippen molar-refractivity contribution in [3.8, 4) is 0 Å². The van der Waals surface area contributed by atoms with Crippen LogP contribution in [0.2, 0.25) is 0 Å². The van der Waals surface area contributed by atoms with Gasteiger partial charge in [-0.2, -0.15) is 0 Å². The molecule has 1 heterocycles. The van der Waals surface area contributed by atoms with Crippen LogP contribution in [0.4, 0.5) is 11.6 Å². The fourth-order valence-corrected chi connectivity index (χ4v) is 2.29. The van der Waals surface area contributed by atoms with Crippen LogP contribution >= 0.6 is 0 Å². The maximum Gasteiger partial charge on any atom is 0.135 e. The Morgan fingerprint density at radius 2 is 1.90 bits per heavy atom. The number of aliphatic hydroxyl groups excluding tert-OH is 1. The normalized spacial score (nSPS) is 14.0. The van der Waals surface area contributed by atoms with Gasteiger partial charge in [-0.25, -0.2) is 9.97 Å². The molecule has 0 bridgehead atoms. The molecule has 3 N–H and O–H groups in total. The highest BCUT2D eigenvalue weighted by molar-refractivity contribution is 5.59. The topological polar surface area (TPSA) is 70.1 Å². The molecule has 0 aliphatic rings. The van der Waals surface area contributed by atoms with Crippen molar-refractivity contribution in [2.24, 2.45) is 0 Å². The van der Waals surface area contributed by atoms with Gasteiger partial charge in [-0.15, -0.1) is 0 Å². The first kappa shape index (κ1) is 17.7. The van der Waals surface area contributed by atoms with Crippen molar-refractivity contribution < 1.29 is 5.11 Å². The van der Waals surface area contributed by atoms with Crippen molar-refractivity contribution in [2.45, 2.75) is 65.3 Å². The predicted molar refractivity (Wildman–Crippen MR) is 88.9 cm³/mol. The zero-order chi connectivity index (χ0) is 15.9. The van der Waals surface area contributed by atoms with Gasteiger partial charge in [0.2, 0.25) is 0 Å². The third-order valence-electron chi connectivity index (χ3n) is 3.87. The fraction of sp³-hybridized carbons (Fsp3) is 0.750. The molecule has 0 radical (unpaired) electrons. The molecular weight excluding hydrogens is 264 g/mol. The molecular formula is C16H30N4O. The molecule has 0 fully saturated rings. The van der Waals surface area contributed by atoms with E-state index in [2.05, 4.69) is 55.2 Å². The average molecular weight is 294 g/mol. The summed E-state index contributed by atoms with van der Waals surface area (Å²) >= 11 is 0. The van der Waals surface area contributed by atoms with E-state index in [1.807, 2.05) is 0 Å². The second kappa shape index (κ2) is 8.17. The first-order valence-electron chi connectivity index (χ1n) is 7.95. The van der Waals surface area contributed by atoms with Crippen LogP contribution < -0.4 is 10.6 Å². The van der Waals surface area contributed by atoms with Crippen LogP contribution in [0.1, 0.15) is 65.4 Å². The largest absolute Gasteiger partial charge is 0.396 e. The van der Waals surface area contributed by atoms with Crippen molar-refractivity contribution in [2.75, 3.05) is 23.8 Å². The van der Waals surface area contributed by atoms with Gasteiger partial charge in [0.05, 0.1) is 0 Å². The standard InChI is InChI=1S/C16H30N4O/c1-6-9-17-14-13(12(3)4)15(19-11-18-14)20-16(5,7-2)8-10-21/h11-12,21H,6-10H2,1-5H3,(H2,17,18,19,20). The lowest BCUT2D eigenvalue weighted by Gasteiger charge is -2.31. The molecule has 0 saturated carbocycles. The highest BCUT2D eigenvalue weighted by atomic mass is 16.3. The fourth-order valence-electron chi connectivity index (χ4n) is 2.29. The van der Waals surface area contributed by atoms with E-state index in [4.69, 9.17) is 0 Å². The molecule has 1 atom stereocenters. The second-order valence-corrected chi connectivity index (χ2v) is 6.08. The number of hydrogen-bond donors (Lipinski definition) is 3. The maximum absolute atomic E-state index is 9.28. The Labute approximate surface area is 128 Å². The molecule has 0 amide bonds. The predicted octanol–water partition coefficient (Wildman–Crippen LogP) is 3.38. The Balaban J connectivity index is 3.10. The molecule has 1 rings (SSSR count). The van der Waals surface area contributed by atoms with Gasteiger partial charge in [0, 0.05) is 24.3 Å². The highest BCUT2D eigenvalue weighted by Crippen LogP contribution is 2.31. The van der Waals surface area contributed by atoms with Crippen molar-refractivity contribution in [1.29, 1.82) is 0 Å². The average Bonchev–Trinajstić information content (AvgIpc) is 2.45. The van der Waals surface area contributed by atoms with Gasteiger partial charge in [-0.05, 0) is 32.1 Å². The Bertz CT molecular complexity index is 436. The summed E-state index contributed by atoms with van der Waals surface area (Å²) in [4.78, 5) is 8.83. The molecule has 0 spiro atoms. The summed E-state index contributed by atoms with van der Waals surface area (Å²) in [7, 11) is 0. The lowest BCUT2D eigenvalue weighted by molar-refractivity contribution is 0.251. The van der Waals surface area contributed by atoms with Gasteiger partial charge in [-0.1, -0.05) is 27.7 Å². The van der Waals surface area contributed by atoms with Gasteiger partial charge in [0.1, 0.15) is 18.0 Å². The minimum atomic E-state index is -0.158. The molecule has 120 valence electrons. The minimum absolute atomic E-state index is 0.158. The van der Waals surface area contributed by atoms with E-state index in [0.29, 0.717) is 12.3 Å². The number of anilines is 2. The summed E-state index contributed by atoms with van der Waals surface area (Å²) in [5, 5.41) is 16.2. The van der Waals surface area contributed by atoms with Crippen LogP contribution in [0.15, 0.2) is 6.33 Å². The van der Waals surface area contributed by atoms with Crippen LogP contribution in [0.3, 0.4) is 0 Å². The number of nitrogens with zero attached hydrogens (tertiary/aromatic N) is 2. The van der Waals surface area contributed by atoms with E-state index < -0.39 is 0 Å². The Hall–Kier alpha value is -1.36. The number of aromatic nitrogens is 2. The quantitative estimate of drug-likeness (QED) is 0.651. The van der Waals surface area contributed by atoms with Crippen molar-refractivity contribution >= 4 is 11.6 Å². The smallest absolute Gasteiger partial charge is 0.135 e. The third-order valence-corrected chi connectivity index (χ3v) is 3.87. The van der Waals surface area contributed by atoms with E-state index in [1.165, 1.54) is 0 Å². The molecule has 0 aliphatic heterocycles. The number of aliphatic hydroxyl groups is 1. The number of hydrogen-bond acceptors (Lipinski definition) is 5. The van der Waals surface area contributed by atoms with E-state index in [0.717, 1.165) is 36.6 Å². The molecule has 1 unspecified atom stereocenters. The summed E-state index contributed by atoms with van der Waals surface area (Å²) < 4.78 is 0. The molecule has 5 heteroatoms. The summed E-state index contributed by atoms with van der Waals surface area (Å²) in [6.07, 6.45) is 4.28. The second-order valence-electron chi connectivity index (χ2n) is 6.08. The highest BCUT2D eigenvalue weighted by Gasteiger charge is 2.24. The van der Waals surface area contributed by atoms with Crippen LogP contribution in [0.25, 0.3) is 0 Å². The van der Waals surface area contributed by atoms with Gasteiger partial charge < -0.3 is 15.7 Å². The van der Waals surface area contributed by atoms with E-state index in [-0.39, 0.29) is 12.1 Å². The van der Waals surface area contributed by atoms with Crippen LogP contribution in [-0.4, -0.2) is 33.8 Å². The molecule has 1 aromatic rings. The summed E-state index contributed by atoms with van der Waals surface area (Å²) in [6, 6.07) is 0. The summed E-state index contributed by atoms with van der Waals surface area (Å²) in [5.74, 6) is 2.10. The van der Waals surface area contributed by atoms with Crippen molar-refractivity contribution in [3.05, 3.63) is 11.9 Å². The van der Waals surface area contributed by atoms with E-state index in [1.54, 1.807) is 6.33 Å². The Morgan fingerprint density at radius 3 is 2.43 bits per heavy atom. The third kappa shape index (κ3) is 4.84. The van der Waals surface area contributed by atoms with Crippen LogP contribution in [0, 0.1) is 0 Å². The number of rotatable bonds is 9. The van der Waals surface area contributed by atoms with Gasteiger partial charge in [0.15, 0.2) is 0 Å². The molecule has 0 aromatic carbocycles. The Morgan fingerprint density at radius 1 is 1.24 bits per heavy atom. The maximum atomic E-state index is 9.28. The minimum Gasteiger partial charge on any atom is -0.396 e. The molecule has 1 aromatic heterocycles. The zero-order valence-electron chi connectivity index (χ0n) is 14.0.